The lowest BCUT2D eigenvalue weighted by Gasteiger charge is -2.21. The van der Waals surface area contributed by atoms with E-state index in [1.807, 2.05) is 25.1 Å². The van der Waals surface area contributed by atoms with Crippen LogP contribution in [0.25, 0.3) is 0 Å². The first-order valence-corrected chi connectivity index (χ1v) is 9.18. The number of carbonyl (C=O) groups excluding carboxylic acids is 1. The van der Waals surface area contributed by atoms with Gasteiger partial charge in [0.15, 0.2) is 5.69 Å². The number of oxazole rings is 1. The molecule has 27 heavy (non-hydrogen) atoms. The van der Waals surface area contributed by atoms with Crippen LogP contribution in [0, 0.1) is 6.92 Å². The predicted octanol–water partition coefficient (Wildman–Crippen LogP) is 3.94. The molecule has 0 bridgehead atoms. The molecule has 3 aromatic rings. The molecule has 0 radical (unpaired) electrons. The summed E-state index contributed by atoms with van der Waals surface area (Å²) in [5.74, 6) is 0.333. The number of benzene rings is 2. The standard InChI is InChI=1S/C22H25N3O2/c1-3-23-22(26)20-16-27-21(24-20)15-25(13-18-7-5-4-6-8-18)14-19-11-9-17(2)10-12-19/h4-12,16H,3,13-15H2,1-2H3,(H,23,26). The molecule has 0 saturated heterocycles. The molecular weight excluding hydrogens is 338 g/mol. The molecule has 1 N–H and O–H groups in total. The van der Waals surface area contributed by atoms with Crippen molar-refractivity contribution < 1.29 is 9.21 Å². The van der Waals surface area contributed by atoms with Crippen LogP contribution in [0.4, 0.5) is 0 Å². The van der Waals surface area contributed by atoms with Crippen LogP contribution >= 0.6 is 0 Å². The Labute approximate surface area is 160 Å². The molecule has 0 spiro atoms. The van der Waals surface area contributed by atoms with E-state index >= 15 is 0 Å². The maximum atomic E-state index is 11.9. The number of hydrogen-bond donors (Lipinski definition) is 1. The van der Waals surface area contributed by atoms with Crippen molar-refractivity contribution in [3.63, 3.8) is 0 Å². The van der Waals surface area contributed by atoms with Gasteiger partial charge in [-0.3, -0.25) is 9.69 Å². The Morgan fingerprint density at radius 2 is 1.67 bits per heavy atom. The molecule has 0 saturated carbocycles. The SMILES string of the molecule is CCNC(=O)c1coc(CN(Cc2ccccc2)Cc2ccc(C)cc2)n1. The van der Waals surface area contributed by atoms with Crippen molar-refractivity contribution in [2.24, 2.45) is 0 Å². The van der Waals surface area contributed by atoms with Gasteiger partial charge in [-0.25, -0.2) is 4.98 Å². The summed E-state index contributed by atoms with van der Waals surface area (Å²) in [6.07, 6.45) is 1.42. The van der Waals surface area contributed by atoms with E-state index in [0.29, 0.717) is 24.7 Å². The Bertz CT molecular complexity index is 857. The summed E-state index contributed by atoms with van der Waals surface area (Å²) in [6, 6.07) is 18.8. The van der Waals surface area contributed by atoms with Gasteiger partial charge in [0.2, 0.25) is 5.89 Å². The summed E-state index contributed by atoms with van der Waals surface area (Å²) in [4.78, 5) is 18.5. The molecule has 5 heteroatoms. The first kappa shape index (κ1) is 18.9. The van der Waals surface area contributed by atoms with E-state index in [0.717, 1.165) is 13.1 Å². The van der Waals surface area contributed by atoms with Gasteiger partial charge in [-0.2, -0.15) is 0 Å². The number of carbonyl (C=O) groups is 1. The first-order valence-electron chi connectivity index (χ1n) is 9.18. The van der Waals surface area contributed by atoms with Crippen molar-refractivity contribution in [1.82, 2.24) is 15.2 Å². The molecule has 1 aromatic heterocycles. The van der Waals surface area contributed by atoms with E-state index in [1.54, 1.807) is 0 Å². The van der Waals surface area contributed by atoms with Gasteiger partial charge in [-0.15, -0.1) is 0 Å². The summed E-state index contributed by atoms with van der Waals surface area (Å²) in [7, 11) is 0. The zero-order chi connectivity index (χ0) is 19.1. The number of nitrogens with zero attached hydrogens (tertiary/aromatic N) is 2. The maximum Gasteiger partial charge on any atom is 0.273 e. The summed E-state index contributed by atoms with van der Waals surface area (Å²) in [5, 5.41) is 2.74. The molecule has 0 aliphatic carbocycles. The van der Waals surface area contributed by atoms with Crippen molar-refractivity contribution in [3.05, 3.63) is 89.1 Å². The van der Waals surface area contributed by atoms with E-state index in [4.69, 9.17) is 4.42 Å². The Balaban J connectivity index is 1.74. The number of rotatable bonds is 8. The molecule has 1 amide bonds. The number of aromatic nitrogens is 1. The third-order valence-corrected chi connectivity index (χ3v) is 4.26. The highest BCUT2D eigenvalue weighted by Gasteiger charge is 2.15. The lowest BCUT2D eigenvalue weighted by atomic mass is 10.1. The van der Waals surface area contributed by atoms with Crippen LogP contribution in [0.1, 0.15) is 40.0 Å². The third kappa shape index (κ3) is 5.53. The Morgan fingerprint density at radius 1 is 1.00 bits per heavy atom. The molecule has 0 aliphatic heterocycles. The van der Waals surface area contributed by atoms with Crippen LogP contribution in [-0.2, 0) is 19.6 Å². The summed E-state index contributed by atoms with van der Waals surface area (Å²) in [5.41, 5.74) is 4.02. The van der Waals surface area contributed by atoms with Crippen LogP contribution in [-0.4, -0.2) is 22.3 Å². The van der Waals surface area contributed by atoms with Gasteiger partial charge in [-0.1, -0.05) is 60.2 Å². The van der Waals surface area contributed by atoms with Crippen molar-refractivity contribution >= 4 is 5.91 Å². The van der Waals surface area contributed by atoms with Gasteiger partial charge >= 0.3 is 0 Å². The molecule has 1 heterocycles. The zero-order valence-corrected chi connectivity index (χ0v) is 15.8. The third-order valence-electron chi connectivity index (χ3n) is 4.26. The van der Waals surface area contributed by atoms with Crippen LogP contribution in [0.15, 0.2) is 65.3 Å². The largest absolute Gasteiger partial charge is 0.447 e. The highest BCUT2D eigenvalue weighted by atomic mass is 16.3. The van der Waals surface area contributed by atoms with Gasteiger partial charge in [-0.05, 0) is 25.0 Å². The molecular formula is C22H25N3O2. The fraction of sp³-hybridized carbons (Fsp3) is 0.273. The molecule has 2 aromatic carbocycles. The van der Waals surface area contributed by atoms with Crippen LogP contribution in [0.2, 0.25) is 0 Å². The molecule has 5 nitrogen and oxygen atoms in total. The molecule has 140 valence electrons. The van der Waals surface area contributed by atoms with E-state index in [9.17, 15) is 4.79 Å². The molecule has 3 rings (SSSR count). The minimum Gasteiger partial charge on any atom is -0.447 e. The fourth-order valence-electron chi connectivity index (χ4n) is 2.89. The smallest absolute Gasteiger partial charge is 0.273 e. The van der Waals surface area contributed by atoms with E-state index < -0.39 is 0 Å². The molecule has 0 atom stereocenters. The quantitative estimate of drug-likeness (QED) is 0.659. The zero-order valence-electron chi connectivity index (χ0n) is 15.8. The second-order valence-electron chi connectivity index (χ2n) is 6.60. The summed E-state index contributed by atoms with van der Waals surface area (Å²) >= 11 is 0. The van der Waals surface area contributed by atoms with E-state index in [-0.39, 0.29) is 5.91 Å². The topological polar surface area (TPSA) is 58.4 Å². The lowest BCUT2D eigenvalue weighted by molar-refractivity contribution is 0.0950. The average molecular weight is 363 g/mol. The Hall–Kier alpha value is -2.92. The minimum atomic E-state index is -0.208. The lowest BCUT2D eigenvalue weighted by Crippen LogP contribution is -2.24. The van der Waals surface area contributed by atoms with E-state index in [2.05, 4.69) is 58.5 Å². The fourth-order valence-corrected chi connectivity index (χ4v) is 2.89. The van der Waals surface area contributed by atoms with E-state index in [1.165, 1.54) is 23.0 Å². The second-order valence-corrected chi connectivity index (χ2v) is 6.60. The van der Waals surface area contributed by atoms with Gasteiger partial charge in [0.1, 0.15) is 6.26 Å². The van der Waals surface area contributed by atoms with Gasteiger partial charge < -0.3 is 9.73 Å². The van der Waals surface area contributed by atoms with Gasteiger partial charge in [0, 0.05) is 19.6 Å². The Kier molecular flexibility index (Phi) is 6.39. The van der Waals surface area contributed by atoms with Crippen molar-refractivity contribution in [2.45, 2.75) is 33.5 Å². The number of amides is 1. The minimum absolute atomic E-state index is 0.208. The van der Waals surface area contributed by atoms with Gasteiger partial charge in [0.25, 0.3) is 5.91 Å². The summed E-state index contributed by atoms with van der Waals surface area (Å²) in [6.45, 7) is 6.60. The van der Waals surface area contributed by atoms with Crippen LogP contribution in [0.3, 0.4) is 0 Å². The number of aryl methyl sites for hydroxylation is 1. The molecule has 0 aliphatic rings. The van der Waals surface area contributed by atoms with Crippen LogP contribution in [0.5, 0.6) is 0 Å². The Morgan fingerprint density at radius 3 is 2.33 bits per heavy atom. The highest BCUT2D eigenvalue weighted by molar-refractivity contribution is 5.91. The van der Waals surface area contributed by atoms with Crippen molar-refractivity contribution in [3.8, 4) is 0 Å². The average Bonchev–Trinajstić information content (AvgIpc) is 3.13. The second kappa shape index (κ2) is 9.14. The molecule has 0 unspecified atom stereocenters. The predicted molar refractivity (Wildman–Crippen MR) is 105 cm³/mol. The maximum absolute atomic E-state index is 11.9. The normalized spacial score (nSPS) is 10.9. The first-order chi connectivity index (χ1) is 13.1. The highest BCUT2D eigenvalue weighted by Crippen LogP contribution is 2.15. The van der Waals surface area contributed by atoms with Gasteiger partial charge in [0.05, 0.1) is 6.54 Å². The number of nitrogens with one attached hydrogen (secondary N) is 1. The summed E-state index contributed by atoms with van der Waals surface area (Å²) < 4.78 is 5.54. The molecule has 0 fully saturated rings. The van der Waals surface area contributed by atoms with Crippen molar-refractivity contribution in [2.75, 3.05) is 6.54 Å². The monoisotopic (exact) mass is 363 g/mol. The van der Waals surface area contributed by atoms with Crippen molar-refractivity contribution in [1.29, 1.82) is 0 Å². The van der Waals surface area contributed by atoms with Crippen LogP contribution < -0.4 is 5.32 Å². The number of hydrogen-bond acceptors (Lipinski definition) is 4.